The summed E-state index contributed by atoms with van der Waals surface area (Å²) >= 11 is 0. The number of Topliss-reactive ketones (excluding diaryl/α,β-unsaturated/α-hetero) is 1. The Morgan fingerprint density at radius 1 is 1.08 bits per heavy atom. The Morgan fingerprint density at radius 2 is 1.75 bits per heavy atom. The number of benzene rings is 2. The number of nitroso groups, excluding NO2 is 1. The molecule has 1 aliphatic rings. The monoisotopic (exact) mass is 323 g/mol. The molecular weight excluding hydrogens is 302 g/mol. The van der Waals surface area contributed by atoms with Gasteiger partial charge in [0.05, 0.1) is 5.56 Å². The van der Waals surface area contributed by atoms with Crippen LogP contribution in [0.2, 0.25) is 0 Å². The summed E-state index contributed by atoms with van der Waals surface area (Å²) in [6, 6.07) is 6.94. The number of fused-ring (bicyclic) bond motifs is 1. The molecule has 1 unspecified atom stereocenters. The Kier molecular flexibility index (Phi) is 4.22. The molecule has 0 saturated carbocycles. The van der Waals surface area contributed by atoms with Crippen molar-refractivity contribution in [1.29, 1.82) is 0 Å². The van der Waals surface area contributed by atoms with E-state index in [1.54, 1.807) is 12.1 Å². The van der Waals surface area contributed by atoms with E-state index in [-0.39, 0.29) is 17.5 Å². The Balaban J connectivity index is 2.01. The van der Waals surface area contributed by atoms with Crippen LogP contribution in [-0.4, -0.2) is 10.9 Å². The lowest BCUT2D eigenvalue weighted by atomic mass is 9.76. The van der Waals surface area contributed by atoms with E-state index in [1.165, 1.54) is 0 Å². The highest BCUT2D eigenvalue weighted by Gasteiger charge is 2.33. The molecule has 0 aliphatic heterocycles. The van der Waals surface area contributed by atoms with Crippen molar-refractivity contribution >= 4 is 11.5 Å². The van der Waals surface area contributed by atoms with E-state index in [9.17, 15) is 14.8 Å². The molecule has 2 aromatic carbocycles. The maximum atomic E-state index is 13.0. The van der Waals surface area contributed by atoms with E-state index in [0.717, 1.165) is 40.7 Å². The number of aromatic hydroxyl groups is 1. The number of carbonyl (C=O) groups excluding carboxylic acids is 1. The number of carbonyl (C=O) groups is 1. The van der Waals surface area contributed by atoms with Crippen molar-refractivity contribution < 1.29 is 9.90 Å². The van der Waals surface area contributed by atoms with Gasteiger partial charge in [-0.25, -0.2) is 0 Å². The molecule has 0 spiro atoms. The van der Waals surface area contributed by atoms with Gasteiger partial charge in [0, 0.05) is 5.92 Å². The summed E-state index contributed by atoms with van der Waals surface area (Å²) in [5, 5.41) is 12.6. The molecule has 0 radical (unpaired) electrons. The molecular formula is C20H21NO3. The first-order valence-electron chi connectivity index (χ1n) is 8.22. The summed E-state index contributed by atoms with van der Waals surface area (Å²) in [6.45, 7) is 5.85. The minimum atomic E-state index is -0.149. The first-order chi connectivity index (χ1) is 11.4. The second kappa shape index (κ2) is 6.19. The number of phenolic OH excluding ortho intramolecular Hbond substituents is 1. The van der Waals surface area contributed by atoms with Crippen LogP contribution in [0.15, 0.2) is 29.4 Å². The SMILES string of the molecule is Cc1c(C)c2c(c(N=O)c1C)C(=O)C(Cc1ccc(O)cc1)CC2. The number of phenols is 1. The van der Waals surface area contributed by atoms with Crippen molar-refractivity contribution in [2.24, 2.45) is 11.1 Å². The zero-order chi connectivity index (χ0) is 17.4. The molecule has 0 fully saturated rings. The van der Waals surface area contributed by atoms with Gasteiger partial charge in [-0.15, -0.1) is 4.91 Å². The van der Waals surface area contributed by atoms with Crippen LogP contribution in [-0.2, 0) is 12.8 Å². The highest BCUT2D eigenvalue weighted by atomic mass is 16.3. The normalized spacial score (nSPS) is 16.8. The van der Waals surface area contributed by atoms with Crippen molar-refractivity contribution in [3.8, 4) is 5.75 Å². The van der Waals surface area contributed by atoms with E-state index in [1.807, 2.05) is 32.9 Å². The van der Waals surface area contributed by atoms with Crippen molar-refractivity contribution in [2.45, 2.75) is 40.0 Å². The van der Waals surface area contributed by atoms with Gasteiger partial charge in [-0.3, -0.25) is 4.79 Å². The van der Waals surface area contributed by atoms with Gasteiger partial charge in [-0.05, 0) is 85.2 Å². The second-order valence-corrected chi connectivity index (χ2v) is 6.64. The molecule has 24 heavy (non-hydrogen) atoms. The third-order valence-corrected chi connectivity index (χ3v) is 5.34. The van der Waals surface area contributed by atoms with Crippen LogP contribution in [0.25, 0.3) is 0 Å². The van der Waals surface area contributed by atoms with Crippen LogP contribution in [0.4, 0.5) is 5.69 Å². The second-order valence-electron chi connectivity index (χ2n) is 6.64. The summed E-state index contributed by atoms with van der Waals surface area (Å²) in [7, 11) is 0. The molecule has 0 aromatic heterocycles. The van der Waals surface area contributed by atoms with Crippen LogP contribution in [0.1, 0.15) is 44.6 Å². The van der Waals surface area contributed by atoms with Gasteiger partial charge in [0.25, 0.3) is 0 Å². The van der Waals surface area contributed by atoms with Gasteiger partial charge in [0.2, 0.25) is 0 Å². The molecule has 1 atom stereocenters. The molecule has 4 nitrogen and oxygen atoms in total. The molecule has 1 N–H and O–H groups in total. The first kappa shape index (κ1) is 16.4. The fourth-order valence-corrected chi connectivity index (χ4v) is 3.66. The fraction of sp³-hybridized carbons (Fsp3) is 0.350. The minimum Gasteiger partial charge on any atom is -0.508 e. The maximum absolute atomic E-state index is 13.0. The largest absolute Gasteiger partial charge is 0.508 e. The quantitative estimate of drug-likeness (QED) is 0.832. The van der Waals surface area contributed by atoms with Gasteiger partial charge in [-0.1, -0.05) is 12.1 Å². The zero-order valence-electron chi connectivity index (χ0n) is 14.2. The zero-order valence-corrected chi connectivity index (χ0v) is 14.2. The Labute approximate surface area is 141 Å². The average molecular weight is 323 g/mol. The average Bonchev–Trinajstić information content (AvgIpc) is 2.58. The highest BCUT2D eigenvalue weighted by Crippen LogP contribution is 2.40. The van der Waals surface area contributed by atoms with Gasteiger partial charge in [0.1, 0.15) is 11.4 Å². The summed E-state index contributed by atoms with van der Waals surface area (Å²) < 4.78 is 0. The Morgan fingerprint density at radius 3 is 2.38 bits per heavy atom. The highest BCUT2D eigenvalue weighted by molar-refractivity contribution is 6.05. The first-order valence-corrected chi connectivity index (χ1v) is 8.22. The van der Waals surface area contributed by atoms with Crippen molar-refractivity contribution in [1.82, 2.24) is 0 Å². The smallest absolute Gasteiger partial charge is 0.168 e. The van der Waals surface area contributed by atoms with E-state index in [4.69, 9.17) is 0 Å². The molecule has 0 amide bonds. The third kappa shape index (κ3) is 2.62. The van der Waals surface area contributed by atoms with Gasteiger partial charge in [-0.2, -0.15) is 0 Å². The Hall–Kier alpha value is -2.49. The number of hydrogen-bond acceptors (Lipinski definition) is 4. The van der Waals surface area contributed by atoms with Gasteiger partial charge >= 0.3 is 0 Å². The van der Waals surface area contributed by atoms with E-state index in [2.05, 4.69) is 5.18 Å². The lowest BCUT2D eigenvalue weighted by Gasteiger charge is -2.27. The molecule has 0 heterocycles. The molecule has 0 bridgehead atoms. The van der Waals surface area contributed by atoms with Gasteiger partial charge in [0.15, 0.2) is 5.78 Å². The lowest BCUT2D eigenvalue weighted by molar-refractivity contribution is 0.0902. The predicted molar refractivity (Wildman–Crippen MR) is 94.1 cm³/mol. The van der Waals surface area contributed by atoms with E-state index < -0.39 is 0 Å². The lowest BCUT2D eigenvalue weighted by Crippen LogP contribution is -2.26. The summed E-state index contributed by atoms with van der Waals surface area (Å²) in [4.78, 5) is 24.4. The van der Waals surface area contributed by atoms with Crippen molar-refractivity contribution in [3.63, 3.8) is 0 Å². The third-order valence-electron chi connectivity index (χ3n) is 5.34. The number of rotatable bonds is 3. The van der Waals surface area contributed by atoms with Crippen LogP contribution < -0.4 is 0 Å². The maximum Gasteiger partial charge on any atom is 0.168 e. The number of nitrogens with zero attached hydrogens (tertiary/aromatic N) is 1. The number of ketones is 1. The fourth-order valence-electron chi connectivity index (χ4n) is 3.66. The molecule has 1 aliphatic carbocycles. The molecule has 2 aromatic rings. The van der Waals surface area contributed by atoms with Gasteiger partial charge < -0.3 is 5.11 Å². The van der Waals surface area contributed by atoms with Crippen LogP contribution in [0.5, 0.6) is 5.75 Å². The summed E-state index contributed by atoms with van der Waals surface area (Å²) in [5.74, 6) is 0.0856. The topological polar surface area (TPSA) is 66.7 Å². The molecule has 124 valence electrons. The number of hydrogen-bond donors (Lipinski definition) is 1. The molecule has 4 heteroatoms. The summed E-state index contributed by atoms with van der Waals surface area (Å²) in [6.07, 6.45) is 2.18. The van der Waals surface area contributed by atoms with E-state index in [0.29, 0.717) is 17.7 Å². The van der Waals surface area contributed by atoms with Crippen LogP contribution in [0.3, 0.4) is 0 Å². The molecule has 3 rings (SSSR count). The predicted octanol–water partition coefficient (Wildman–Crippen LogP) is 4.70. The Bertz CT molecular complexity index is 822. The summed E-state index contributed by atoms with van der Waals surface area (Å²) in [5.41, 5.74) is 5.80. The van der Waals surface area contributed by atoms with Crippen LogP contribution >= 0.6 is 0 Å². The van der Waals surface area contributed by atoms with Crippen molar-refractivity contribution in [3.05, 3.63) is 62.6 Å². The van der Waals surface area contributed by atoms with Crippen molar-refractivity contribution in [2.75, 3.05) is 0 Å². The van der Waals surface area contributed by atoms with Crippen LogP contribution in [0, 0.1) is 31.6 Å². The minimum absolute atomic E-state index is 0.0186. The molecule has 0 saturated heterocycles. The van der Waals surface area contributed by atoms with E-state index >= 15 is 0 Å². The standard InChI is InChI=1S/C20H21NO3/c1-11-12(2)17-9-6-15(10-14-4-7-16(22)8-5-14)20(23)18(17)19(21-24)13(11)3/h4-5,7-8,15,22H,6,9-10H2,1-3H3.